The smallest absolute Gasteiger partial charge is 0.407 e. The van der Waals surface area contributed by atoms with E-state index in [1.54, 1.807) is 26.4 Å². The van der Waals surface area contributed by atoms with Crippen molar-refractivity contribution in [2.24, 2.45) is 0 Å². The Morgan fingerprint density at radius 3 is 2.38 bits per heavy atom. The summed E-state index contributed by atoms with van der Waals surface area (Å²) in [6.45, 7) is 1.40. The fourth-order valence-corrected chi connectivity index (χ4v) is 4.36. The number of hydrogen-bond acceptors (Lipinski definition) is 6. The molecular weight excluding hydrogens is 436 g/mol. The summed E-state index contributed by atoms with van der Waals surface area (Å²) in [5.41, 5.74) is 1.45. The molecule has 3 rings (SSSR count). The SMILES string of the molecule is COCOCCNC(=O)OC1CCC(CNC(=O)c2ccccc2OC)(c2ccccc2)CC1. The van der Waals surface area contributed by atoms with Crippen molar-refractivity contribution in [1.29, 1.82) is 0 Å². The Labute approximate surface area is 200 Å². The Bertz CT molecular complexity index is 913. The Hall–Kier alpha value is -3.10. The summed E-state index contributed by atoms with van der Waals surface area (Å²) in [6.07, 6.45) is 2.40. The van der Waals surface area contributed by atoms with E-state index in [9.17, 15) is 9.59 Å². The van der Waals surface area contributed by atoms with Gasteiger partial charge in [-0.1, -0.05) is 42.5 Å². The molecule has 2 aromatic carbocycles. The minimum Gasteiger partial charge on any atom is -0.496 e. The highest BCUT2D eigenvalue weighted by atomic mass is 16.7. The highest BCUT2D eigenvalue weighted by molar-refractivity contribution is 5.96. The highest BCUT2D eigenvalue weighted by Gasteiger charge is 2.38. The Morgan fingerprint density at radius 2 is 1.68 bits per heavy atom. The Kier molecular flexibility index (Phi) is 9.73. The molecule has 8 heteroatoms. The molecule has 0 aliphatic heterocycles. The maximum absolute atomic E-state index is 12.9. The number of nitrogens with one attached hydrogen (secondary N) is 2. The molecule has 0 radical (unpaired) electrons. The lowest BCUT2D eigenvalue weighted by Crippen LogP contribution is -2.45. The maximum Gasteiger partial charge on any atom is 0.407 e. The Balaban J connectivity index is 1.59. The van der Waals surface area contributed by atoms with E-state index in [4.69, 9.17) is 18.9 Å². The average molecular weight is 471 g/mol. The molecule has 1 saturated carbocycles. The molecule has 2 aromatic rings. The van der Waals surface area contributed by atoms with Crippen molar-refractivity contribution in [3.8, 4) is 5.75 Å². The zero-order valence-electron chi connectivity index (χ0n) is 19.9. The molecule has 0 saturated heterocycles. The molecule has 0 aromatic heterocycles. The third-order valence-corrected chi connectivity index (χ3v) is 6.21. The van der Waals surface area contributed by atoms with Crippen molar-refractivity contribution in [1.82, 2.24) is 10.6 Å². The molecular formula is C26H34N2O6. The van der Waals surface area contributed by atoms with Gasteiger partial charge in [0, 0.05) is 25.6 Å². The van der Waals surface area contributed by atoms with Gasteiger partial charge in [0.1, 0.15) is 18.6 Å². The first kappa shape index (κ1) is 25.5. The summed E-state index contributed by atoms with van der Waals surface area (Å²) in [7, 11) is 3.10. The summed E-state index contributed by atoms with van der Waals surface area (Å²) in [4.78, 5) is 25.0. The summed E-state index contributed by atoms with van der Waals surface area (Å²) in [5, 5.41) is 5.82. The molecule has 0 unspecified atom stereocenters. The lowest BCUT2D eigenvalue weighted by molar-refractivity contribution is -0.0293. The molecule has 1 aliphatic rings. The van der Waals surface area contributed by atoms with Crippen molar-refractivity contribution in [2.75, 3.05) is 40.7 Å². The van der Waals surface area contributed by atoms with Crippen molar-refractivity contribution < 1.29 is 28.5 Å². The first-order valence-electron chi connectivity index (χ1n) is 11.6. The van der Waals surface area contributed by atoms with Crippen molar-refractivity contribution in [3.63, 3.8) is 0 Å². The molecule has 184 valence electrons. The standard InChI is InChI=1S/C26H34N2O6/c1-31-19-33-17-16-27-25(30)34-21-12-14-26(15-13-21,20-8-4-3-5-9-20)18-28-24(29)22-10-6-7-11-23(22)32-2/h3-11,21H,12-19H2,1-2H3,(H,27,30)(H,28,29). The first-order chi connectivity index (χ1) is 16.6. The molecule has 34 heavy (non-hydrogen) atoms. The fraction of sp³-hybridized carbons (Fsp3) is 0.462. The van der Waals surface area contributed by atoms with E-state index in [1.807, 2.05) is 30.3 Å². The van der Waals surface area contributed by atoms with Crippen LogP contribution in [-0.4, -0.2) is 58.8 Å². The van der Waals surface area contributed by atoms with E-state index in [0.29, 0.717) is 43.9 Å². The molecule has 2 amide bonds. The van der Waals surface area contributed by atoms with Gasteiger partial charge in [0.05, 0.1) is 19.3 Å². The number of hydrogen-bond donors (Lipinski definition) is 2. The average Bonchev–Trinajstić information content (AvgIpc) is 2.88. The molecule has 0 spiro atoms. The lowest BCUT2D eigenvalue weighted by Gasteiger charge is -2.40. The van der Waals surface area contributed by atoms with Gasteiger partial charge in [-0.25, -0.2) is 4.79 Å². The normalized spacial score (nSPS) is 19.8. The second-order valence-corrected chi connectivity index (χ2v) is 8.38. The van der Waals surface area contributed by atoms with Gasteiger partial charge >= 0.3 is 6.09 Å². The fourth-order valence-electron chi connectivity index (χ4n) is 4.36. The number of rotatable bonds is 11. The van der Waals surface area contributed by atoms with Gasteiger partial charge in [0.2, 0.25) is 0 Å². The minimum atomic E-state index is -0.442. The number of carbonyl (C=O) groups is 2. The van der Waals surface area contributed by atoms with Gasteiger partial charge in [0.25, 0.3) is 5.91 Å². The number of alkyl carbamates (subject to hydrolysis) is 1. The van der Waals surface area contributed by atoms with Gasteiger partial charge < -0.3 is 29.6 Å². The van der Waals surface area contributed by atoms with E-state index < -0.39 is 6.09 Å². The number of ether oxygens (including phenoxy) is 4. The van der Waals surface area contributed by atoms with Crippen LogP contribution in [0.25, 0.3) is 0 Å². The number of carbonyl (C=O) groups excluding carboxylic acids is 2. The Morgan fingerprint density at radius 1 is 0.971 bits per heavy atom. The number of amides is 2. The van der Waals surface area contributed by atoms with Crippen LogP contribution in [0.2, 0.25) is 0 Å². The minimum absolute atomic E-state index is 0.165. The number of para-hydroxylation sites is 1. The molecule has 0 bridgehead atoms. The van der Waals surface area contributed by atoms with Crippen LogP contribution in [0.15, 0.2) is 54.6 Å². The van der Waals surface area contributed by atoms with E-state index in [2.05, 4.69) is 22.8 Å². The van der Waals surface area contributed by atoms with Gasteiger partial charge in [-0.15, -0.1) is 0 Å². The van der Waals surface area contributed by atoms with Crippen LogP contribution in [-0.2, 0) is 19.6 Å². The van der Waals surface area contributed by atoms with Gasteiger partial charge in [-0.2, -0.15) is 0 Å². The maximum atomic E-state index is 12.9. The van der Waals surface area contributed by atoms with E-state index in [-0.39, 0.29) is 24.2 Å². The highest BCUT2D eigenvalue weighted by Crippen LogP contribution is 2.40. The van der Waals surface area contributed by atoms with E-state index in [1.165, 1.54) is 5.56 Å². The second kappa shape index (κ2) is 13.0. The van der Waals surface area contributed by atoms with Crippen molar-refractivity contribution >= 4 is 12.0 Å². The van der Waals surface area contributed by atoms with Crippen LogP contribution >= 0.6 is 0 Å². The van der Waals surface area contributed by atoms with E-state index in [0.717, 1.165) is 12.8 Å². The number of methoxy groups -OCH3 is 2. The predicted molar refractivity (Wildman–Crippen MR) is 128 cm³/mol. The molecule has 1 fully saturated rings. The summed E-state index contributed by atoms with van der Waals surface area (Å²) in [6, 6.07) is 17.4. The zero-order valence-corrected chi connectivity index (χ0v) is 19.9. The summed E-state index contributed by atoms with van der Waals surface area (Å²) in [5.74, 6) is 0.380. The lowest BCUT2D eigenvalue weighted by atomic mass is 9.68. The van der Waals surface area contributed by atoms with E-state index >= 15 is 0 Å². The van der Waals surface area contributed by atoms with Gasteiger partial charge in [-0.3, -0.25) is 4.79 Å². The third-order valence-electron chi connectivity index (χ3n) is 6.21. The van der Waals surface area contributed by atoms with Crippen LogP contribution in [0.4, 0.5) is 4.79 Å². The van der Waals surface area contributed by atoms with Crippen LogP contribution in [0.3, 0.4) is 0 Å². The molecule has 0 atom stereocenters. The van der Waals surface area contributed by atoms with Crippen LogP contribution in [0, 0.1) is 0 Å². The van der Waals surface area contributed by atoms with Gasteiger partial charge in [-0.05, 0) is 43.4 Å². The monoisotopic (exact) mass is 470 g/mol. The summed E-state index contributed by atoms with van der Waals surface area (Å²) < 4.78 is 20.9. The van der Waals surface area contributed by atoms with Crippen LogP contribution in [0.5, 0.6) is 5.75 Å². The third kappa shape index (κ3) is 6.95. The molecule has 8 nitrogen and oxygen atoms in total. The zero-order chi connectivity index (χ0) is 24.2. The largest absolute Gasteiger partial charge is 0.496 e. The topological polar surface area (TPSA) is 95.1 Å². The number of benzene rings is 2. The first-order valence-corrected chi connectivity index (χ1v) is 11.6. The van der Waals surface area contributed by atoms with Crippen LogP contribution < -0.4 is 15.4 Å². The molecule has 0 heterocycles. The molecule has 2 N–H and O–H groups in total. The second-order valence-electron chi connectivity index (χ2n) is 8.38. The predicted octanol–water partition coefficient (Wildman–Crippen LogP) is 3.65. The van der Waals surface area contributed by atoms with Crippen molar-refractivity contribution in [2.45, 2.75) is 37.2 Å². The van der Waals surface area contributed by atoms with Crippen molar-refractivity contribution in [3.05, 3.63) is 65.7 Å². The van der Waals surface area contributed by atoms with Crippen LogP contribution in [0.1, 0.15) is 41.6 Å². The molecule has 1 aliphatic carbocycles. The quantitative estimate of drug-likeness (QED) is 0.385. The van der Waals surface area contributed by atoms with Gasteiger partial charge in [0.15, 0.2) is 0 Å². The summed E-state index contributed by atoms with van der Waals surface area (Å²) >= 11 is 0.